The molecule has 2 unspecified atom stereocenters. The Bertz CT molecular complexity index is 411. The number of benzene rings is 1. The Balaban J connectivity index is 2.52. The zero-order chi connectivity index (χ0) is 11.8. The molecule has 0 amide bonds. The predicted molar refractivity (Wildman–Crippen MR) is 63.5 cm³/mol. The fourth-order valence-electron chi connectivity index (χ4n) is 2.97. The quantitative estimate of drug-likeness (QED) is 0.828. The smallest absolute Gasteiger partial charge is 0.314 e. The van der Waals surface area contributed by atoms with Gasteiger partial charge < -0.3 is 5.11 Å². The molecule has 0 bridgehead atoms. The minimum absolute atomic E-state index is 0.229. The molecule has 0 radical (unpaired) electrons. The summed E-state index contributed by atoms with van der Waals surface area (Å²) in [7, 11) is 0. The van der Waals surface area contributed by atoms with E-state index < -0.39 is 11.4 Å². The molecule has 0 aromatic heterocycles. The van der Waals surface area contributed by atoms with Gasteiger partial charge in [0, 0.05) is 0 Å². The number of rotatable bonds is 2. The van der Waals surface area contributed by atoms with E-state index in [0.29, 0.717) is 0 Å². The molecule has 86 valence electrons. The van der Waals surface area contributed by atoms with Gasteiger partial charge in [-0.25, -0.2) is 0 Å². The SMILES string of the molecule is Cc1cccc(C2(C(=O)O)CCCC2C)c1. The highest BCUT2D eigenvalue weighted by atomic mass is 16.4. The standard InChI is InChI=1S/C14H18O2/c1-10-5-3-7-12(9-10)14(13(15)16)8-4-6-11(14)2/h3,5,7,9,11H,4,6,8H2,1-2H3,(H,15,16). The first-order chi connectivity index (χ1) is 7.57. The molecule has 0 aliphatic heterocycles. The highest BCUT2D eigenvalue weighted by Gasteiger charge is 2.48. The van der Waals surface area contributed by atoms with Crippen molar-refractivity contribution in [2.45, 2.75) is 38.5 Å². The van der Waals surface area contributed by atoms with E-state index in [0.717, 1.165) is 30.4 Å². The Morgan fingerprint density at radius 2 is 2.25 bits per heavy atom. The van der Waals surface area contributed by atoms with E-state index in [4.69, 9.17) is 0 Å². The van der Waals surface area contributed by atoms with Crippen LogP contribution in [0.1, 0.15) is 37.3 Å². The molecule has 2 nitrogen and oxygen atoms in total. The minimum Gasteiger partial charge on any atom is -0.481 e. The van der Waals surface area contributed by atoms with Crippen molar-refractivity contribution in [2.75, 3.05) is 0 Å². The van der Waals surface area contributed by atoms with E-state index in [2.05, 4.69) is 6.92 Å². The van der Waals surface area contributed by atoms with Gasteiger partial charge in [0.1, 0.15) is 0 Å². The summed E-state index contributed by atoms with van der Waals surface area (Å²) in [4.78, 5) is 11.6. The number of hydrogen-bond acceptors (Lipinski definition) is 1. The summed E-state index contributed by atoms with van der Waals surface area (Å²) in [5.74, 6) is -0.435. The van der Waals surface area contributed by atoms with Crippen LogP contribution in [-0.4, -0.2) is 11.1 Å². The summed E-state index contributed by atoms with van der Waals surface area (Å²) in [6, 6.07) is 7.96. The van der Waals surface area contributed by atoms with E-state index in [1.54, 1.807) is 0 Å². The van der Waals surface area contributed by atoms with Crippen molar-refractivity contribution in [3.05, 3.63) is 35.4 Å². The predicted octanol–water partition coefficient (Wildman–Crippen LogP) is 3.14. The summed E-state index contributed by atoms with van der Waals surface area (Å²) in [6.45, 7) is 4.07. The molecular weight excluding hydrogens is 200 g/mol. The van der Waals surface area contributed by atoms with Gasteiger partial charge in [-0.1, -0.05) is 43.2 Å². The molecule has 2 heteroatoms. The fourth-order valence-corrected chi connectivity index (χ4v) is 2.97. The van der Waals surface area contributed by atoms with Crippen molar-refractivity contribution in [1.82, 2.24) is 0 Å². The molecule has 1 saturated carbocycles. The van der Waals surface area contributed by atoms with E-state index in [1.165, 1.54) is 0 Å². The van der Waals surface area contributed by atoms with E-state index in [1.807, 2.05) is 31.2 Å². The third-order valence-corrected chi connectivity index (χ3v) is 3.96. The molecule has 1 N–H and O–H groups in total. The molecule has 16 heavy (non-hydrogen) atoms. The van der Waals surface area contributed by atoms with Gasteiger partial charge in [-0.2, -0.15) is 0 Å². The van der Waals surface area contributed by atoms with Gasteiger partial charge in [0.25, 0.3) is 0 Å². The van der Waals surface area contributed by atoms with Crippen LogP contribution < -0.4 is 0 Å². The zero-order valence-electron chi connectivity index (χ0n) is 9.86. The van der Waals surface area contributed by atoms with Crippen LogP contribution in [0.5, 0.6) is 0 Å². The second kappa shape index (κ2) is 3.93. The van der Waals surface area contributed by atoms with Gasteiger partial charge in [0.15, 0.2) is 0 Å². The lowest BCUT2D eigenvalue weighted by molar-refractivity contribution is -0.145. The summed E-state index contributed by atoms with van der Waals surface area (Å²) in [6.07, 6.45) is 2.80. The largest absolute Gasteiger partial charge is 0.481 e. The van der Waals surface area contributed by atoms with Crippen molar-refractivity contribution in [1.29, 1.82) is 0 Å². The summed E-state index contributed by atoms with van der Waals surface area (Å²) in [5.41, 5.74) is 1.47. The third-order valence-electron chi connectivity index (χ3n) is 3.96. The lowest BCUT2D eigenvalue weighted by Crippen LogP contribution is -2.38. The number of carboxylic acid groups (broad SMARTS) is 1. The molecule has 2 atom stereocenters. The number of aliphatic carboxylic acids is 1. The van der Waals surface area contributed by atoms with E-state index in [9.17, 15) is 9.90 Å². The zero-order valence-corrected chi connectivity index (χ0v) is 9.86. The Morgan fingerprint density at radius 3 is 2.75 bits per heavy atom. The Labute approximate surface area is 96.3 Å². The maximum absolute atomic E-state index is 11.6. The molecule has 0 spiro atoms. The molecule has 0 heterocycles. The van der Waals surface area contributed by atoms with Crippen molar-refractivity contribution < 1.29 is 9.90 Å². The maximum Gasteiger partial charge on any atom is 0.314 e. The summed E-state index contributed by atoms with van der Waals surface area (Å²) >= 11 is 0. The molecule has 1 aromatic carbocycles. The lowest BCUT2D eigenvalue weighted by atomic mass is 9.73. The van der Waals surface area contributed by atoms with Crippen molar-refractivity contribution in [2.24, 2.45) is 5.92 Å². The van der Waals surface area contributed by atoms with Crippen molar-refractivity contribution in [3.63, 3.8) is 0 Å². The summed E-state index contributed by atoms with van der Waals surface area (Å²) < 4.78 is 0. The van der Waals surface area contributed by atoms with Crippen LogP contribution in [-0.2, 0) is 10.2 Å². The number of carbonyl (C=O) groups is 1. The second-order valence-electron chi connectivity index (χ2n) is 4.94. The average Bonchev–Trinajstić information content (AvgIpc) is 2.61. The molecule has 1 fully saturated rings. The van der Waals surface area contributed by atoms with Gasteiger partial charge in [-0.15, -0.1) is 0 Å². The van der Waals surface area contributed by atoms with Crippen LogP contribution in [0.2, 0.25) is 0 Å². The highest BCUT2D eigenvalue weighted by molar-refractivity contribution is 5.82. The monoisotopic (exact) mass is 218 g/mol. The topological polar surface area (TPSA) is 37.3 Å². The molecular formula is C14H18O2. The molecule has 2 rings (SSSR count). The Kier molecular flexibility index (Phi) is 2.75. The van der Waals surface area contributed by atoms with Gasteiger partial charge >= 0.3 is 5.97 Å². The van der Waals surface area contributed by atoms with Crippen LogP contribution in [0.4, 0.5) is 0 Å². The maximum atomic E-state index is 11.6. The fraction of sp³-hybridized carbons (Fsp3) is 0.500. The first kappa shape index (κ1) is 11.2. The van der Waals surface area contributed by atoms with Crippen LogP contribution in [0.15, 0.2) is 24.3 Å². The van der Waals surface area contributed by atoms with Crippen LogP contribution in [0.25, 0.3) is 0 Å². The van der Waals surface area contributed by atoms with E-state index >= 15 is 0 Å². The molecule has 0 saturated heterocycles. The van der Waals surface area contributed by atoms with Crippen LogP contribution in [0.3, 0.4) is 0 Å². The Hall–Kier alpha value is -1.31. The number of hydrogen-bond donors (Lipinski definition) is 1. The van der Waals surface area contributed by atoms with E-state index in [-0.39, 0.29) is 5.92 Å². The highest BCUT2D eigenvalue weighted by Crippen LogP contribution is 2.45. The summed E-state index contributed by atoms with van der Waals surface area (Å²) in [5, 5.41) is 9.58. The first-order valence-corrected chi connectivity index (χ1v) is 5.88. The first-order valence-electron chi connectivity index (χ1n) is 5.88. The second-order valence-corrected chi connectivity index (χ2v) is 4.94. The molecule has 1 aliphatic rings. The van der Waals surface area contributed by atoms with Crippen molar-refractivity contribution in [3.8, 4) is 0 Å². The van der Waals surface area contributed by atoms with Crippen LogP contribution >= 0.6 is 0 Å². The normalized spacial score (nSPS) is 29.2. The number of carboxylic acids is 1. The lowest BCUT2D eigenvalue weighted by Gasteiger charge is -2.29. The van der Waals surface area contributed by atoms with Gasteiger partial charge in [-0.3, -0.25) is 4.79 Å². The van der Waals surface area contributed by atoms with Crippen molar-refractivity contribution >= 4 is 5.97 Å². The van der Waals surface area contributed by atoms with Gasteiger partial charge in [0.05, 0.1) is 5.41 Å². The number of aryl methyl sites for hydroxylation is 1. The molecule has 1 aromatic rings. The minimum atomic E-state index is -0.664. The Morgan fingerprint density at radius 1 is 1.50 bits per heavy atom. The van der Waals surface area contributed by atoms with Gasteiger partial charge in [0.2, 0.25) is 0 Å². The average molecular weight is 218 g/mol. The van der Waals surface area contributed by atoms with Crippen LogP contribution in [0, 0.1) is 12.8 Å². The van der Waals surface area contributed by atoms with Gasteiger partial charge in [-0.05, 0) is 31.2 Å². The third kappa shape index (κ3) is 1.53. The molecule has 1 aliphatic carbocycles.